The summed E-state index contributed by atoms with van der Waals surface area (Å²) in [5, 5.41) is 8.16. The third kappa shape index (κ3) is 2.14. The first kappa shape index (κ1) is 14.7. The van der Waals surface area contributed by atoms with Crippen molar-refractivity contribution in [2.45, 2.75) is 33.0 Å². The van der Waals surface area contributed by atoms with Crippen LogP contribution in [0.4, 0.5) is 0 Å². The highest BCUT2D eigenvalue weighted by molar-refractivity contribution is 5.83. The Kier molecular flexibility index (Phi) is 3.26. The van der Waals surface area contributed by atoms with Crippen LogP contribution in [0.3, 0.4) is 0 Å². The van der Waals surface area contributed by atoms with E-state index in [0.29, 0.717) is 30.7 Å². The average molecular weight is 327 g/mol. The number of rotatable bonds is 2. The van der Waals surface area contributed by atoms with E-state index in [1.165, 1.54) is 4.57 Å². The average Bonchev–Trinajstić information content (AvgIpc) is 3.12. The lowest BCUT2D eigenvalue weighted by Crippen LogP contribution is -2.43. The second-order valence-corrected chi connectivity index (χ2v) is 5.96. The third-order valence-corrected chi connectivity index (χ3v) is 4.51. The Balaban J connectivity index is 1.65. The van der Waals surface area contributed by atoms with E-state index in [4.69, 9.17) is 4.42 Å². The highest BCUT2D eigenvalue weighted by Gasteiger charge is 2.29. The molecule has 2 aromatic heterocycles. The number of benzene rings is 1. The topological polar surface area (TPSA) is 86.2 Å². The molecule has 0 saturated carbocycles. The summed E-state index contributed by atoms with van der Waals surface area (Å²) in [5.41, 5.74) is 1.11. The number of nitrogens with zero attached hydrogens (tertiary/aromatic N) is 5. The summed E-state index contributed by atoms with van der Waals surface area (Å²) < 4.78 is 8.64. The van der Waals surface area contributed by atoms with Crippen LogP contribution in [-0.4, -0.2) is 36.7 Å². The van der Waals surface area contributed by atoms with E-state index >= 15 is 0 Å². The number of hydrogen-bond donors (Lipinski definition) is 0. The van der Waals surface area contributed by atoms with Crippen molar-refractivity contribution in [3.05, 3.63) is 46.5 Å². The maximum Gasteiger partial charge on any atom is 0.420 e. The first-order chi connectivity index (χ1) is 11.6. The van der Waals surface area contributed by atoms with E-state index in [9.17, 15) is 9.59 Å². The van der Waals surface area contributed by atoms with Gasteiger partial charge in [0.05, 0.1) is 12.1 Å². The fraction of sp³-hybridized carbons (Fsp3) is 0.375. The lowest BCUT2D eigenvalue weighted by atomic mass is 10.2. The monoisotopic (exact) mass is 327 g/mol. The Hall–Kier alpha value is -2.90. The Morgan fingerprint density at radius 2 is 2.04 bits per heavy atom. The van der Waals surface area contributed by atoms with Gasteiger partial charge in [-0.05, 0) is 26.0 Å². The normalized spacial score (nSPS) is 15.5. The molecular formula is C16H17N5O3. The van der Waals surface area contributed by atoms with Gasteiger partial charge in [-0.2, -0.15) is 0 Å². The Morgan fingerprint density at radius 3 is 2.88 bits per heavy atom. The number of aryl methyl sites for hydroxylation is 1. The molecule has 124 valence electrons. The first-order valence-electron chi connectivity index (χ1n) is 7.84. The fourth-order valence-electron chi connectivity index (χ4n) is 3.22. The highest BCUT2D eigenvalue weighted by atomic mass is 16.4. The van der Waals surface area contributed by atoms with Crippen molar-refractivity contribution in [3.63, 3.8) is 0 Å². The van der Waals surface area contributed by atoms with Gasteiger partial charge in [0.1, 0.15) is 11.9 Å². The molecule has 0 spiro atoms. The summed E-state index contributed by atoms with van der Waals surface area (Å²) in [4.78, 5) is 26.8. The van der Waals surface area contributed by atoms with Crippen molar-refractivity contribution < 1.29 is 9.21 Å². The number of carbonyl (C=O) groups excluding carboxylic acids is 1. The van der Waals surface area contributed by atoms with Gasteiger partial charge >= 0.3 is 5.76 Å². The minimum atomic E-state index is -0.642. The number of carbonyl (C=O) groups is 1. The van der Waals surface area contributed by atoms with Gasteiger partial charge in [-0.25, -0.2) is 4.79 Å². The summed E-state index contributed by atoms with van der Waals surface area (Å²) in [6, 6.07) is 6.47. The quantitative estimate of drug-likeness (QED) is 0.703. The molecule has 1 amide bonds. The van der Waals surface area contributed by atoms with Crippen LogP contribution in [0.1, 0.15) is 24.6 Å². The molecule has 1 aliphatic rings. The van der Waals surface area contributed by atoms with Crippen molar-refractivity contribution >= 4 is 17.0 Å². The summed E-state index contributed by atoms with van der Waals surface area (Å²) in [6.45, 7) is 5.24. The van der Waals surface area contributed by atoms with Crippen molar-refractivity contribution in [1.82, 2.24) is 24.2 Å². The predicted molar refractivity (Wildman–Crippen MR) is 85.4 cm³/mol. The van der Waals surface area contributed by atoms with Crippen LogP contribution in [0, 0.1) is 6.92 Å². The summed E-state index contributed by atoms with van der Waals surface area (Å²) in [5.74, 6) is 0.967. The summed E-state index contributed by atoms with van der Waals surface area (Å²) in [7, 11) is 0. The number of para-hydroxylation sites is 2. The van der Waals surface area contributed by atoms with E-state index < -0.39 is 11.8 Å². The predicted octanol–water partition coefficient (Wildman–Crippen LogP) is 1.10. The molecule has 4 rings (SSSR count). The SMILES string of the molecule is Cc1nnc2n1CCN(C(=O)C(C)n1c(=O)oc3ccccc31)C2. The van der Waals surface area contributed by atoms with E-state index in [-0.39, 0.29) is 5.91 Å². The smallest absolute Gasteiger partial charge is 0.408 e. The van der Waals surface area contributed by atoms with Gasteiger partial charge in [0.2, 0.25) is 5.91 Å². The molecule has 8 nitrogen and oxygen atoms in total. The van der Waals surface area contributed by atoms with Crippen LogP contribution in [0.15, 0.2) is 33.5 Å². The Bertz CT molecular complexity index is 983. The zero-order valence-electron chi connectivity index (χ0n) is 13.5. The molecular weight excluding hydrogens is 310 g/mol. The largest absolute Gasteiger partial charge is 0.420 e. The lowest BCUT2D eigenvalue weighted by molar-refractivity contribution is -0.135. The molecule has 0 saturated heterocycles. The van der Waals surface area contributed by atoms with Crippen LogP contribution in [-0.2, 0) is 17.9 Å². The number of oxazole rings is 1. The van der Waals surface area contributed by atoms with Gasteiger partial charge in [0.25, 0.3) is 0 Å². The molecule has 1 aromatic carbocycles. The summed E-state index contributed by atoms with van der Waals surface area (Å²) >= 11 is 0. The molecule has 0 radical (unpaired) electrons. The van der Waals surface area contributed by atoms with E-state index in [1.807, 2.05) is 17.6 Å². The molecule has 24 heavy (non-hydrogen) atoms. The third-order valence-electron chi connectivity index (χ3n) is 4.51. The van der Waals surface area contributed by atoms with E-state index in [0.717, 1.165) is 11.6 Å². The molecule has 0 fully saturated rings. The number of amides is 1. The van der Waals surface area contributed by atoms with Gasteiger partial charge in [-0.3, -0.25) is 9.36 Å². The Morgan fingerprint density at radius 1 is 1.25 bits per heavy atom. The van der Waals surface area contributed by atoms with E-state index in [1.54, 1.807) is 30.0 Å². The molecule has 0 bridgehead atoms. The second kappa shape index (κ2) is 5.33. The maximum absolute atomic E-state index is 12.9. The fourth-order valence-corrected chi connectivity index (χ4v) is 3.22. The molecule has 1 aliphatic heterocycles. The van der Waals surface area contributed by atoms with Gasteiger partial charge in [0.15, 0.2) is 11.4 Å². The minimum absolute atomic E-state index is 0.129. The van der Waals surface area contributed by atoms with Crippen LogP contribution in [0.25, 0.3) is 11.1 Å². The first-order valence-corrected chi connectivity index (χ1v) is 7.84. The zero-order valence-corrected chi connectivity index (χ0v) is 13.5. The Labute approximate surface area is 137 Å². The van der Waals surface area contributed by atoms with Gasteiger partial charge in [0, 0.05) is 13.1 Å². The van der Waals surface area contributed by atoms with Gasteiger partial charge < -0.3 is 13.9 Å². The second-order valence-electron chi connectivity index (χ2n) is 5.96. The number of fused-ring (bicyclic) bond motifs is 2. The van der Waals surface area contributed by atoms with Crippen molar-refractivity contribution in [3.8, 4) is 0 Å². The van der Waals surface area contributed by atoms with Gasteiger partial charge in [-0.15, -0.1) is 10.2 Å². The molecule has 1 unspecified atom stereocenters. The summed E-state index contributed by atoms with van der Waals surface area (Å²) in [6.07, 6.45) is 0. The van der Waals surface area contributed by atoms with E-state index in [2.05, 4.69) is 10.2 Å². The van der Waals surface area contributed by atoms with Crippen LogP contribution < -0.4 is 5.76 Å². The molecule has 3 aromatic rings. The van der Waals surface area contributed by atoms with Crippen LogP contribution in [0.2, 0.25) is 0 Å². The zero-order chi connectivity index (χ0) is 16.8. The van der Waals surface area contributed by atoms with Crippen molar-refractivity contribution in [2.75, 3.05) is 6.54 Å². The van der Waals surface area contributed by atoms with Crippen LogP contribution in [0.5, 0.6) is 0 Å². The minimum Gasteiger partial charge on any atom is -0.408 e. The van der Waals surface area contributed by atoms with Gasteiger partial charge in [-0.1, -0.05) is 12.1 Å². The molecule has 0 N–H and O–H groups in total. The van der Waals surface area contributed by atoms with Crippen molar-refractivity contribution in [2.24, 2.45) is 0 Å². The molecule has 3 heterocycles. The maximum atomic E-state index is 12.9. The number of aromatic nitrogens is 4. The number of hydrogen-bond acceptors (Lipinski definition) is 5. The van der Waals surface area contributed by atoms with Crippen molar-refractivity contribution in [1.29, 1.82) is 0 Å². The molecule has 8 heteroatoms. The van der Waals surface area contributed by atoms with Crippen LogP contribution >= 0.6 is 0 Å². The molecule has 0 aliphatic carbocycles. The highest BCUT2D eigenvalue weighted by Crippen LogP contribution is 2.20. The standard InChI is InChI=1S/C16H17N5O3/c1-10(21-12-5-3-4-6-13(12)24-16(21)23)15(22)19-7-8-20-11(2)17-18-14(20)9-19/h3-6,10H,7-9H2,1-2H3. The lowest BCUT2D eigenvalue weighted by Gasteiger charge is -2.29. The molecule has 1 atom stereocenters.